The number of aromatic nitrogens is 1. The molecule has 4 nitrogen and oxygen atoms in total. The Morgan fingerprint density at radius 1 is 1.37 bits per heavy atom. The van der Waals surface area contributed by atoms with Crippen LogP contribution in [-0.4, -0.2) is 28.6 Å². The van der Waals surface area contributed by atoms with E-state index < -0.39 is 0 Å². The number of H-pyrrole nitrogens is 1. The maximum absolute atomic E-state index is 12.2. The second-order valence-corrected chi connectivity index (χ2v) is 5.22. The Morgan fingerprint density at radius 3 is 3.05 bits per heavy atom. The van der Waals surface area contributed by atoms with Gasteiger partial charge in [0.15, 0.2) is 0 Å². The van der Waals surface area contributed by atoms with E-state index in [-0.39, 0.29) is 17.9 Å². The molecule has 2 atom stereocenters. The molecule has 1 saturated carbocycles. The van der Waals surface area contributed by atoms with Gasteiger partial charge in [-0.05, 0) is 25.0 Å². The Morgan fingerprint density at radius 2 is 2.26 bits per heavy atom. The molecule has 1 heterocycles. The fraction of sp³-hybridized carbons (Fsp3) is 0.400. The number of benzene rings is 1. The molecule has 100 valence electrons. The van der Waals surface area contributed by atoms with E-state index in [4.69, 9.17) is 0 Å². The van der Waals surface area contributed by atoms with Crippen molar-refractivity contribution in [1.82, 2.24) is 10.3 Å². The standard InChI is InChI=1S/C15H18N2O2/c18-13-6-2-4-11(13)9-17-15(19)12-5-1-3-10-7-8-16-14(10)12/h1,3,5,7-8,11,13,16,18H,2,4,6,9H2,(H,17,19). The van der Waals surface area contributed by atoms with Crippen LogP contribution in [-0.2, 0) is 0 Å². The van der Waals surface area contributed by atoms with Gasteiger partial charge >= 0.3 is 0 Å². The summed E-state index contributed by atoms with van der Waals surface area (Å²) in [5.74, 6) is 0.124. The Balaban J connectivity index is 1.71. The first-order valence-electron chi connectivity index (χ1n) is 6.78. The first-order valence-corrected chi connectivity index (χ1v) is 6.78. The second-order valence-electron chi connectivity index (χ2n) is 5.22. The van der Waals surface area contributed by atoms with E-state index in [2.05, 4.69) is 10.3 Å². The van der Waals surface area contributed by atoms with Gasteiger partial charge in [0.2, 0.25) is 0 Å². The van der Waals surface area contributed by atoms with E-state index in [1.165, 1.54) is 0 Å². The molecule has 1 fully saturated rings. The highest BCUT2D eigenvalue weighted by Gasteiger charge is 2.25. The Bertz CT molecular complexity index is 591. The van der Waals surface area contributed by atoms with Crippen LogP contribution in [0.5, 0.6) is 0 Å². The first-order chi connectivity index (χ1) is 9.25. The fourth-order valence-electron chi connectivity index (χ4n) is 2.85. The fourth-order valence-corrected chi connectivity index (χ4v) is 2.85. The second kappa shape index (κ2) is 5.05. The lowest BCUT2D eigenvalue weighted by atomic mass is 10.1. The Hall–Kier alpha value is -1.81. The molecule has 2 aromatic rings. The molecule has 1 aromatic carbocycles. The maximum atomic E-state index is 12.2. The van der Waals surface area contributed by atoms with Gasteiger partial charge in [-0.15, -0.1) is 0 Å². The normalized spacial score (nSPS) is 22.8. The van der Waals surface area contributed by atoms with Crippen LogP contribution in [0.25, 0.3) is 10.9 Å². The number of aliphatic hydroxyl groups excluding tert-OH is 1. The van der Waals surface area contributed by atoms with Gasteiger partial charge in [-0.25, -0.2) is 0 Å². The third kappa shape index (κ3) is 2.36. The molecule has 1 aromatic heterocycles. The summed E-state index contributed by atoms with van der Waals surface area (Å²) in [5.41, 5.74) is 1.53. The zero-order valence-corrected chi connectivity index (χ0v) is 10.7. The van der Waals surface area contributed by atoms with Crippen molar-refractivity contribution < 1.29 is 9.90 Å². The molecule has 3 N–H and O–H groups in total. The average molecular weight is 258 g/mol. The zero-order chi connectivity index (χ0) is 13.2. The summed E-state index contributed by atoms with van der Waals surface area (Å²) >= 11 is 0. The molecular weight excluding hydrogens is 240 g/mol. The highest BCUT2D eigenvalue weighted by molar-refractivity contribution is 6.05. The quantitative estimate of drug-likeness (QED) is 0.789. The van der Waals surface area contributed by atoms with Gasteiger partial charge in [0.05, 0.1) is 17.2 Å². The van der Waals surface area contributed by atoms with Crippen LogP contribution < -0.4 is 5.32 Å². The van der Waals surface area contributed by atoms with Crippen molar-refractivity contribution in [3.05, 3.63) is 36.0 Å². The summed E-state index contributed by atoms with van der Waals surface area (Å²) in [4.78, 5) is 15.3. The summed E-state index contributed by atoms with van der Waals surface area (Å²) in [6.45, 7) is 0.553. The lowest BCUT2D eigenvalue weighted by molar-refractivity contribution is 0.0918. The van der Waals surface area contributed by atoms with Crippen molar-refractivity contribution in [2.24, 2.45) is 5.92 Å². The smallest absolute Gasteiger partial charge is 0.253 e. The van der Waals surface area contributed by atoms with Crippen molar-refractivity contribution in [2.75, 3.05) is 6.54 Å². The predicted octanol–water partition coefficient (Wildman–Crippen LogP) is 2.06. The molecule has 4 heteroatoms. The van der Waals surface area contributed by atoms with Crippen molar-refractivity contribution in [3.8, 4) is 0 Å². The predicted molar refractivity (Wildman–Crippen MR) is 74.0 cm³/mol. The molecule has 1 aliphatic rings. The van der Waals surface area contributed by atoms with Gasteiger partial charge in [0.25, 0.3) is 5.91 Å². The number of carbonyl (C=O) groups excluding carboxylic acids is 1. The van der Waals surface area contributed by atoms with E-state index in [9.17, 15) is 9.90 Å². The van der Waals surface area contributed by atoms with E-state index >= 15 is 0 Å². The number of para-hydroxylation sites is 1. The SMILES string of the molecule is O=C(NCC1CCCC1O)c1cccc2cc[nH]c12. The van der Waals surface area contributed by atoms with Gasteiger partial charge in [-0.2, -0.15) is 0 Å². The van der Waals surface area contributed by atoms with E-state index in [1.807, 2.05) is 30.5 Å². The number of nitrogens with one attached hydrogen (secondary N) is 2. The van der Waals surface area contributed by atoms with Gasteiger partial charge in [-0.1, -0.05) is 18.6 Å². The van der Waals surface area contributed by atoms with Crippen LogP contribution in [0.2, 0.25) is 0 Å². The summed E-state index contributed by atoms with van der Waals surface area (Å²) in [5, 5.41) is 13.7. The first kappa shape index (κ1) is 12.2. The monoisotopic (exact) mass is 258 g/mol. The molecule has 1 amide bonds. The minimum absolute atomic E-state index is 0.0767. The number of aromatic amines is 1. The molecule has 3 rings (SSSR count). The molecule has 0 spiro atoms. The van der Waals surface area contributed by atoms with Gasteiger partial charge < -0.3 is 15.4 Å². The highest BCUT2D eigenvalue weighted by Crippen LogP contribution is 2.25. The summed E-state index contributed by atoms with van der Waals surface area (Å²) < 4.78 is 0. The summed E-state index contributed by atoms with van der Waals surface area (Å²) in [6, 6.07) is 7.63. The van der Waals surface area contributed by atoms with Crippen molar-refractivity contribution in [1.29, 1.82) is 0 Å². The Labute approximate surface area is 111 Å². The van der Waals surface area contributed by atoms with Crippen molar-refractivity contribution in [2.45, 2.75) is 25.4 Å². The summed E-state index contributed by atoms with van der Waals surface area (Å²) in [6.07, 6.45) is 4.47. The molecular formula is C15H18N2O2. The van der Waals surface area contributed by atoms with Gasteiger partial charge in [0.1, 0.15) is 0 Å². The third-order valence-electron chi connectivity index (χ3n) is 3.98. The molecule has 0 saturated heterocycles. The van der Waals surface area contributed by atoms with Crippen LogP contribution >= 0.6 is 0 Å². The molecule has 0 bridgehead atoms. The maximum Gasteiger partial charge on any atom is 0.253 e. The molecule has 0 radical (unpaired) electrons. The number of aliphatic hydroxyl groups is 1. The lowest BCUT2D eigenvalue weighted by Crippen LogP contribution is -2.32. The molecule has 0 aliphatic heterocycles. The number of hydrogen-bond acceptors (Lipinski definition) is 2. The van der Waals surface area contributed by atoms with Crippen molar-refractivity contribution in [3.63, 3.8) is 0 Å². The zero-order valence-electron chi connectivity index (χ0n) is 10.7. The number of amides is 1. The minimum atomic E-state index is -0.262. The lowest BCUT2D eigenvalue weighted by Gasteiger charge is -2.15. The largest absolute Gasteiger partial charge is 0.393 e. The third-order valence-corrected chi connectivity index (χ3v) is 3.98. The molecule has 19 heavy (non-hydrogen) atoms. The van der Waals surface area contributed by atoms with Crippen LogP contribution in [0, 0.1) is 5.92 Å². The average Bonchev–Trinajstić information content (AvgIpc) is 3.04. The molecule has 2 unspecified atom stereocenters. The van der Waals surface area contributed by atoms with E-state index in [1.54, 1.807) is 0 Å². The van der Waals surface area contributed by atoms with E-state index in [0.717, 1.165) is 30.2 Å². The highest BCUT2D eigenvalue weighted by atomic mass is 16.3. The topological polar surface area (TPSA) is 65.1 Å². The van der Waals surface area contributed by atoms with Gasteiger partial charge in [-0.3, -0.25) is 4.79 Å². The van der Waals surface area contributed by atoms with Crippen LogP contribution in [0.3, 0.4) is 0 Å². The minimum Gasteiger partial charge on any atom is -0.393 e. The van der Waals surface area contributed by atoms with Crippen LogP contribution in [0.4, 0.5) is 0 Å². The number of hydrogen-bond donors (Lipinski definition) is 3. The van der Waals surface area contributed by atoms with Crippen molar-refractivity contribution >= 4 is 16.8 Å². The molecule has 1 aliphatic carbocycles. The van der Waals surface area contributed by atoms with Crippen LogP contribution in [0.15, 0.2) is 30.5 Å². The number of rotatable bonds is 3. The number of fused-ring (bicyclic) bond motifs is 1. The van der Waals surface area contributed by atoms with Gasteiger partial charge in [0, 0.05) is 24.0 Å². The Kier molecular flexibility index (Phi) is 3.25. The summed E-state index contributed by atoms with van der Waals surface area (Å²) in [7, 11) is 0. The van der Waals surface area contributed by atoms with Crippen LogP contribution in [0.1, 0.15) is 29.6 Å². The van der Waals surface area contributed by atoms with E-state index in [0.29, 0.717) is 12.1 Å². The number of carbonyl (C=O) groups is 1.